The smallest absolute Gasteiger partial charge is 0.0510 e. The maximum absolute atomic E-state index is 4.19. The zero-order chi connectivity index (χ0) is 7.56. The lowest BCUT2D eigenvalue weighted by Gasteiger charge is -2.03. The summed E-state index contributed by atoms with van der Waals surface area (Å²) in [6, 6.07) is 2.04. The van der Waals surface area contributed by atoms with Gasteiger partial charge in [-0.3, -0.25) is 4.98 Å². The monoisotopic (exact) mass is 153 g/mol. The van der Waals surface area contributed by atoms with Crippen LogP contribution in [0.3, 0.4) is 0 Å². The Hall–Kier alpha value is -0.500. The molecule has 2 heteroatoms. The molecule has 10 heavy (non-hydrogen) atoms. The average molecular weight is 153 g/mol. The summed E-state index contributed by atoms with van der Waals surface area (Å²) in [7, 11) is 0. The van der Waals surface area contributed by atoms with E-state index in [-0.39, 0.29) is 0 Å². The molecule has 0 aromatic carbocycles. The molecule has 1 aromatic rings. The molecule has 1 heterocycles. The van der Waals surface area contributed by atoms with Crippen LogP contribution in [0.2, 0.25) is 0 Å². The number of aromatic nitrogens is 1. The molecule has 0 amide bonds. The number of hydrogen-bond acceptors (Lipinski definition) is 2. The van der Waals surface area contributed by atoms with Crippen molar-refractivity contribution < 1.29 is 0 Å². The van der Waals surface area contributed by atoms with E-state index in [0.29, 0.717) is 0 Å². The Labute approximate surface area is 65.9 Å². The van der Waals surface area contributed by atoms with E-state index in [1.807, 2.05) is 19.2 Å². The van der Waals surface area contributed by atoms with Crippen LogP contribution in [0.25, 0.3) is 0 Å². The van der Waals surface area contributed by atoms with Gasteiger partial charge in [-0.05, 0) is 31.7 Å². The van der Waals surface area contributed by atoms with E-state index < -0.39 is 0 Å². The van der Waals surface area contributed by atoms with Crippen molar-refractivity contribution in [3.05, 3.63) is 23.5 Å². The van der Waals surface area contributed by atoms with Gasteiger partial charge in [-0.2, -0.15) is 0 Å². The van der Waals surface area contributed by atoms with E-state index in [0.717, 1.165) is 5.69 Å². The summed E-state index contributed by atoms with van der Waals surface area (Å²) < 4.78 is 0. The number of rotatable bonds is 1. The zero-order valence-corrected chi connectivity index (χ0v) is 7.33. The normalized spacial score (nSPS) is 9.90. The predicted molar refractivity (Wildman–Crippen MR) is 45.5 cm³/mol. The van der Waals surface area contributed by atoms with Crippen molar-refractivity contribution in [2.75, 3.05) is 6.26 Å². The highest BCUT2D eigenvalue weighted by Crippen LogP contribution is 2.21. The van der Waals surface area contributed by atoms with Crippen molar-refractivity contribution in [3.63, 3.8) is 0 Å². The number of thioether (sulfide) groups is 1. The minimum Gasteiger partial charge on any atom is -0.260 e. The molecule has 0 saturated carbocycles. The predicted octanol–water partition coefficient (Wildman–Crippen LogP) is 2.42. The van der Waals surface area contributed by atoms with Crippen LogP contribution in [0.1, 0.15) is 11.3 Å². The van der Waals surface area contributed by atoms with Gasteiger partial charge in [0.25, 0.3) is 0 Å². The molecule has 0 atom stereocenters. The lowest BCUT2D eigenvalue weighted by atomic mass is 10.2. The Morgan fingerprint density at radius 1 is 1.40 bits per heavy atom. The molecule has 0 saturated heterocycles. The highest BCUT2D eigenvalue weighted by molar-refractivity contribution is 7.98. The summed E-state index contributed by atoms with van der Waals surface area (Å²) in [6.45, 7) is 4.15. The van der Waals surface area contributed by atoms with Gasteiger partial charge >= 0.3 is 0 Å². The van der Waals surface area contributed by atoms with E-state index in [4.69, 9.17) is 0 Å². The molecule has 0 unspecified atom stereocenters. The topological polar surface area (TPSA) is 12.9 Å². The van der Waals surface area contributed by atoms with Gasteiger partial charge in [-0.15, -0.1) is 11.8 Å². The average Bonchev–Trinajstić information content (AvgIpc) is 1.88. The fraction of sp³-hybridized carbons (Fsp3) is 0.375. The van der Waals surface area contributed by atoms with Crippen LogP contribution < -0.4 is 0 Å². The molecule has 0 fully saturated rings. The van der Waals surface area contributed by atoms with Crippen LogP contribution in [0.15, 0.2) is 17.2 Å². The Balaban J connectivity index is 3.17. The zero-order valence-electron chi connectivity index (χ0n) is 6.51. The summed E-state index contributed by atoms with van der Waals surface area (Å²) in [6.07, 6.45) is 3.93. The first-order valence-electron chi connectivity index (χ1n) is 3.22. The maximum atomic E-state index is 4.19. The Kier molecular flexibility index (Phi) is 2.33. The van der Waals surface area contributed by atoms with E-state index in [2.05, 4.69) is 18.2 Å². The largest absolute Gasteiger partial charge is 0.260 e. The van der Waals surface area contributed by atoms with Crippen molar-refractivity contribution in [2.45, 2.75) is 18.7 Å². The fourth-order valence-electron chi connectivity index (χ4n) is 0.989. The van der Waals surface area contributed by atoms with Crippen LogP contribution in [0, 0.1) is 13.8 Å². The van der Waals surface area contributed by atoms with Crippen molar-refractivity contribution in [2.24, 2.45) is 0 Å². The second-order valence-electron chi connectivity index (χ2n) is 2.25. The van der Waals surface area contributed by atoms with E-state index >= 15 is 0 Å². The van der Waals surface area contributed by atoms with E-state index in [9.17, 15) is 0 Å². The summed E-state index contributed by atoms with van der Waals surface area (Å²) in [4.78, 5) is 5.50. The van der Waals surface area contributed by atoms with Crippen LogP contribution in [0.5, 0.6) is 0 Å². The first-order chi connectivity index (χ1) is 4.75. The minimum atomic E-state index is 1.13. The van der Waals surface area contributed by atoms with Gasteiger partial charge in [0.05, 0.1) is 5.69 Å². The van der Waals surface area contributed by atoms with E-state index in [1.165, 1.54) is 10.5 Å². The highest BCUT2D eigenvalue weighted by Gasteiger charge is 1.98. The molecule has 0 radical (unpaired) electrons. The standard InChI is InChI=1S/C8H11NS/c1-6-4-5-9-7(2)8(6)10-3/h4-5H,1-3H3. The fourth-order valence-corrected chi connectivity index (χ4v) is 1.73. The van der Waals surface area contributed by atoms with Gasteiger partial charge in [-0.1, -0.05) is 0 Å². The number of nitrogens with zero attached hydrogens (tertiary/aromatic N) is 1. The molecule has 0 N–H and O–H groups in total. The molecule has 1 aromatic heterocycles. The summed E-state index contributed by atoms with van der Waals surface area (Å²) in [5.74, 6) is 0. The Bertz CT molecular complexity index is 212. The highest BCUT2D eigenvalue weighted by atomic mass is 32.2. The number of pyridine rings is 1. The molecule has 54 valence electrons. The van der Waals surface area contributed by atoms with Gasteiger partial charge in [-0.25, -0.2) is 0 Å². The third kappa shape index (κ3) is 1.32. The lowest BCUT2D eigenvalue weighted by Crippen LogP contribution is -1.86. The van der Waals surface area contributed by atoms with Gasteiger partial charge in [0.1, 0.15) is 0 Å². The molecule has 0 aliphatic carbocycles. The van der Waals surface area contributed by atoms with Gasteiger partial charge < -0.3 is 0 Å². The third-order valence-corrected chi connectivity index (χ3v) is 2.51. The van der Waals surface area contributed by atoms with Crippen molar-refractivity contribution >= 4 is 11.8 Å². The second-order valence-corrected chi connectivity index (χ2v) is 3.06. The van der Waals surface area contributed by atoms with Gasteiger partial charge in [0.15, 0.2) is 0 Å². The molecule has 0 bridgehead atoms. The first kappa shape index (κ1) is 7.61. The summed E-state index contributed by atoms with van der Waals surface area (Å²) in [5.41, 5.74) is 2.45. The molecule has 1 nitrogen and oxygen atoms in total. The molecule has 1 rings (SSSR count). The maximum Gasteiger partial charge on any atom is 0.0510 e. The quantitative estimate of drug-likeness (QED) is 0.575. The van der Waals surface area contributed by atoms with Crippen molar-refractivity contribution in [3.8, 4) is 0 Å². The second kappa shape index (κ2) is 3.06. The van der Waals surface area contributed by atoms with Crippen molar-refractivity contribution in [1.82, 2.24) is 4.98 Å². The van der Waals surface area contributed by atoms with Crippen LogP contribution in [0.4, 0.5) is 0 Å². The summed E-state index contributed by atoms with van der Waals surface area (Å²) in [5, 5.41) is 0. The number of hydrogen-bond donors (Lipinski definition) is 0. The first-order valence-corrected chi connectivity index (χ1v) is 4.44. The van der Waals surface area contributed by atoms with Crippen LogP contribution in [-0.4, -0.2) is 11.2 Å². The minimum absolute atomic E-state index is 1.13. The van der Waals surface area contributed by atoms with Crippen LogP contribution in [-0.2, 0) is 0 Å². The summed E-state index contributed by atoms with van der Waals surface area (Å²) >= 11 is 1.76. The van der Waals surface area contributed by atoms with Crippen molar-refractivity contribution in [1.29, 1.82) is 0 Å². The Morgan fingerprint density at radius 3 is 2.50 bits per heavy atom. The molecule has 0 aliphatic rings. The SMILES string of the molecule is CSc1c(C)ccnc1C. The molecular formula is C8H11NS. The molecular weight excluding hydrogens is 142 g/mol. The molecule has 0 spiro atoms. The van der Waals surface area contributed by atoms with Gasteiger partial charge in [0.2, 0.25) is 0 Å². The van der Waals surface area contributed by atoms with Gasteiger partial charge in [0, 0.05) is 11.1 Å². The third-order valence-electron chi connectivity index (χ3n) is 1.48. The lowest BCUT2D eigenvalue weighted by molar-refractivity contribution is 1.08. The Morgan fingerprint density at radius 2 is 2.10 bits per heavy atom. The van der Waals surface area contributed by atoms with Crippen LogP contribution >= 0.6 is 11.8 Å². The molecule has 0 aliphatic heterocycles. The van der Waals surface area contributed by atoms with E-state index in [1.54, 1.807) is 11.8 Å². The number of aryl methyl sites for hydroxylation is 2.